The van der Waals surface area contributed by atoms with Crippen LogP contribution in [0.15, 0.2) is 54.6 Å². The molecule has 1 atom stereocenters. The summed E-state index contributed by atoms with van der Waals surface area (Å²) in [5.41, 5.74) is 3.69. The van der Waals surface area contributed by atoms with Gasteiger partial charge in [-0.05, 0) is 30.9 Å². The van der Waals surface area contributed by atoms with Crippen molar-refractivity contribution in [1.29, 1.82) is 0 Å². The Morgan fingerprint density at radius 2 is 1.75 bits per heavy atom. The van der Waals surface area contributed by atoms with Crippen LogP contribution in [-0.2, 0) is 6.42 Å². The number of aryl methyl sites for hydroxylation is 1. The Balaban J connectivity index is 1.63. The normalized spacial score (nSPS) is 17.9. The van der Waals surface area contributed by atoms with Gasteiger partial charge in [0.25, 0.3) is 0 Å². The minimum Gasteiger partial charge on any atom is -0.388 e. The Morgan fingerprint density at radius 3 is 2.60 bits per heavy atom. The molecule has 1 unspecified atom stereocenters. The molecule has 1 heterocycles. The summed E-state index contributed by atoms with van der Waals surface area (Å²) in [6, 6.07) is 18.9. The number of fused-ring (bicyclic) bond motifs is 1. The summed E-state index contributed by atoms with van der Waals surface area (Å²) in [6.07, 6.45) is 2.80. The number of hydrogen-bond donors (Lipinski definition) is 1. The van der Waals surface area contributed by atoms with Crippen LogP contribution in [0, 0.1) is 0 Å². The zero-order chi connectivity index (χ0) is 13.8. The van der Waals surface area contributed by atoms with Crippen molar-refractivity contribution < 1.29 is 5.11 Å². The number of aliphatic hydroxyl groups excluding tert-OH is 1. The molecule has 1 N–H and O–H groups in total. The Morgan fingerprint density at radius 1 is 1.00 bits per heavy atom. The third kappa shape index (κ3) is 2.86. The number of benzene rings is 2. The first-order valence-corrected chi connectivity index (χ1v) is 7.40. The van der Waals surface area contributed by atoms with Crippen molar-refractivity contribution in [2.45, 2.75) is 25.4 Å². The van der Waals surface area contributed by atoms with E-state index in [-0.39, 0.29) is 6.10 Å². The number of nitrogens with zero attached hydrogens (tertiary/aromatic N) is 1. The van der Waals surface area contributed by atoms with Gasteiger partial charge in [-0.1, -0.05) is 48.5 Å². The van der Waals surface area contributed by atoms with E-state index in [4.69, 9.17) is 0 Å². The standard InChI is InChI=1S/C18H21NO/c20-18-12-14-19(17-11-5-4-10-16(17)18)13-6-9-15-7-2-1-3-8-15/h1-5,7-8,10-11,18,20H,6,9,12-14H2. The molecular weight excluding hydrogens is 246 g/mol. The van der Waals surface area contributed by atoms with Crippen LogP contribution in [-0.4, -0.2) is 18.2 Å². The van der Waals surface area contributed by atoms with E-state index in [0.29, 0.717) is 0 Å². The smallest absolute Gasteiger partial charge is 0.0826 e. The molecule has 0 saturated carbocycles. The van der Waals surface area contributed by atoms with Crippen molar-refractivity contribution in [3.8, 4) is 0 Å². The van der Waals surface area contributed by atoms with Gasteiger partial charge >= 0.3 is 0 Å². The molecule has 2 heteroatoms. The zero-order valence-corrected chi connectivity index (χ0v) is 11.7. The van der Waals surface area contributed by atoms with Crippen LogP contribution in [0.1, 0.15) is 30.1 Å². The lowest BCUT2D eigenvalue weighted by Gasteiger charge is -2.33. The highest BCUT2D eigenvalue weighted by molar-refractivity contribution is 5.56. The molecule has 2 nitrogen and oxygen atoms in total. The number of rotatable bonds is 4. The average Bonchev–Trinajstić information content (AvgIpc) is 2.51. The Hall–Kier alpha value is -1.80. The monoisotopic (exact) mass is 267 g/mol. The van der Waals surface area contributed by atoms with Crippen LogP contribution >= 0.6 is 0 Å². The largest absolute Gasteiger partial charge is 0.388 e. The molecule has 0 saturated heterocycles. The van der Waals surface area contributed by atoms with Gasteiger partial charge in [0, 0.05) is 24.3 Å². The van der Waals surface area contributed by atoms with Gasteiger partial charge in [-0.25, -0.2) is 0 Å². The van der Waals surface area contributed by atoms with E-state index in [1.54, 1.807) is 0 Å². The molecule has 0 aromatic heterocycles. The lowest BCUT2D eigenvalue weighted by Crippen LogP contribution is -2.32. The molecule has 20 heavy (non-hydrogen) atoms. The fraction of sp³-hybridized carbons (Fsp3) is 0.333. The third-order valence-corrected chi connectivity index (χ3v) is 4.05. The van der Waals surface area contributed by atoms with Crippen LogP contribution in [0.2, 0.25) is 0 Å². The Kier molecular flexibility index (Phi) is 4.03. The fourth-order valence-electron chi connectivity index (χ4n) is 2.96. The summed E-state index contributed by atoms with van der Waals surface area (Å²) >= 11 is 0. The van der Waals surface area contributed by atoms with Gasteiger partial charge in [0.05, 0.1) is 6.10 Å². The highest BCUT2D eigenvalue weighted by Crippen LogP contribution is 2.33. The summed E-state index contributed by atoms with van der Waals surface area (Å²) in [4.78, 5) is 2.41. The van der Waals surface area contributed by atoms with Crippen molar-refractivity contribution >= 4 is 5.69 Å². The number of anilines is 1. The van der Waals surface area contributed by atoms with E-state index in [1.807, 2.05) is 12.1 Å². The van der Waals surface area contributed by atoms with Gasteiger partial charge in [0.1, 0.15) is 0 Å². The summed E-state index contributed by atoms with van der Waals surface area (Å²) in [5.74, 6) is 0. The molecule has 0 fully saturated rings. The molecular formula is C18H21NO. The van der Waals surface area contributed by atoms with Gasteiger partial charge in [-0.2, -0.15) is 0 Å². The lowest BCUT2D eigenvalue weighted by atomic mass is 9.98. The highest BCUT2D eigenvalue weighted by atomic mass is 16.3. The molecule has 0 spiro atoms. The van der Waals surface area contributed by atoms with Crippen molar-refractivity contribution in [3.05, 3.63) is 65.7 Å². The van der Waals surface area contributed by atoms with E-state index in [1.165, 1.54) is 11.3 Å². The molecule has 3 rings (SSSR count). The van der Waals surface area contributed by atoms with Crippen LogP contribution in [0.3, 0.4) is 0 Å². The zero-order valence-electron chi connectivity index (χ0n) is 11.7. The first kappa shape index (κ1) is 13.2. The van der Waals surface area contributed by atoms with Crippen LogP contribution < -0.4 is 4.90 Å². The van der Waals surface area contributed by atoms with Crippen LogP contribution in [0.5, 0.6) is 0 Å². The quantitative estimate of drug-likeness (QED) is 0.915. The number of para-hydroxylation sites is 1. The molecule has 104 valence electrons. The average molecular weight is 267 g/mol. The Labute approximate surface area is 120 Å². The van der Waals surface area contributed by atoms with Crippen molar-refractivity contribution in [1.82, 2.24) is 0 Å². The first-order chi connectivity index (χ1) is 9.84. The minimum absolute atomic E-state index is 0.295. The molecule has 1 aliphatic rings. The molecule has 0 amide bonds. The van der Waals surface area contributed by atoms with E-state index in [9.17, 15) is 5.11 Å². The second-order valence-electron chi connectivity index (χ2n) is 5.44. The topological polar surface area (TPSA) is 23.5 Å². The van der Waals surface area contributed by atoms with Gasteiger partial charge in [0.15, 0.2) is 0 Å². The first-order valence-electron chi connectivity index (χ1n) is 7.40. The molecule has 2 aromatic carbocycles. The van der Waals surface area contributed by atoms with Gasteiger partial charge in [-0.15, -0.1) is 0 Å². The van der Waals surface area contributed by atoms with Gasteiger partial charge < -0.3 is 10.0 Å². The minimum atomic E-state index is -0.295. The van der Waals surface area contributed by atoms with Gasteiger partial charge in [-0.3, -0.25) is 0 Å². The van der Waals surface area contributed by atoms with E-state index < -0.39 is 0 Å². The second-order valence-corrected chi connectivity index (χ2v) is 5.44. The maximum Gasteiger partial charge on any atom is 0.0826 e. The summed E-state index contributed by atoms with van der Waals surface area (Å²) in [7, 11) is 0. The SMILES string of the molecule is OC1CCN(CCCc2ccccc2)c2ccccc21. The highest BCUT2D eigenvalue weighted by Gasteiger charge is 2.22. The van der Waals surface area contributed by atoms with E-state index in [2.05, 4.69) is 47.4 Å². The third-order valence-electron chi connectivity index (χ3n) is 4.05. The summed E-state index contributed by atoms with van der Waals surface area (Å²) in [5, 5.41) is 10.1. The van der Waals surface area contributed by atoms with Gasteiger partial charge in [0.2, 0.25) is 0 Å². The maximum atomic E-state index is 10.1. The molecule has 2 aromatic rings. The predicted molar refractivity (Wildman–Crippen MR) is 83.0 cm³/mol. The van der Waals surface area contributed by atoms with Crippen molar-refractivity contribution in [3.63, 3.8) is 0 Å². The Bertz CT molecular complexity index is 552. The van der Waals surface area contributed by atoms with Crippen molar-refractivity contribution in [2.24, 2.45) is 0 Å². The van der Waals surface area contributed by atoms with Crippen LogP contribution in [0.25, 0.3) is 0 Å². The molecule has 0 radical (unpaired) electrons. The summed E-state index contributed by atoms with van der Waals surface area (Å²) in [6.45, 7) is 2.01. The molecule has 1 aliphatic heterocycles. The summed E-state index contributed by atoms with van der Waals surface area (Å²) < 4.78 is 0. The van der Waals surface area contributed by atoms with Crippen LogP contribution in [0.4, 0.5) is 5.69 Å². The maximum absolute atomic E-state index is 10.1. The number of hydrogen-bond acceptors (Lipinski definition) is 2. The fourth-order valence-corrected chi connectivity index (χ4v) is 2.96. The second kappa shape index (κ2) is 6.10. The lowest BCUT2D eigenvalue weighted by molar-refractivity contribution is 0.164. The predicted octanol–water partition coefficient (Wildman–Crippen LogP) is 3.56. The van der Waals surface area contributed by atoms with E-state index in [0.717, 1.165) is 37.9 Å². The van der Waals surface area contributed by atoms with E-state index >= 15 is 0 Å². The molecule has 0 bridgehead atoms. The molecule has 0 aliphatic carbocycles. The van der Waals surface area contributed by atoms with Crippen molar-refractivity contribution in [2.75, 3.05) is 18.0 Å². The number of aliphatic hydroxyl groups is 1.